The first-order chi connectivity index (χ1) is 16.3. The van der Waals surface area contributed by atoms with Crippen LogP contribution < -0.4 is 0 Å². The molecule has 0 aromatic heterocycles. The number of esters is 1. The van der Waals surface area contributed by atoms with Gasteiger partial charge in [-0.3, -0.25) is 9.69 Å². The third-order valence-electron chi connectivity index (χ3n) is 5.82. The molecular formula is C24H30FN3O5S. The van der Waals surface area contributed by atoms with Gasteiger partial charge in [-0.25, -0.2) is 17.6 Å². The average Bonchev–Trinajstić information content (AvgIpc) is 2.85. The molecule has 184 valence electrons. The fourth-order valence-corrected chi connectivity index (χ4v) is 5.33. The molecule has 8 nitrogen and oxygen atoms in total. The first-order valence-electron chi connectivity index (χ1n) is 11.3. The van der Waals surface area contributed by atoms with Gasteiger partial charge in [-0.2, -0.15) is 4.31 Å². The van der Waals surface area contributed by atoms with Gasteiger partial charge in [-0.15, -0.1) is 0 Å². The van der Waals surface area contributed by atoms with E-state index in [2.05, 4.69) is 4.90 Å². The van der Waals surface area contributed by atoms with Gasteiger partial charge >= 0.3 is 5.97 Å². The standard InChI is InChI=1S/C24H30FN3O5S/c1-3-28(4-2)34(31,32)21-10-7-9-19(16-21)24(30)33-18-23(29)27-14-12-26(13-15-27)17-20-8-5-6-11-22(20)25/h5-11,16H,3-4,12-15,17-18H2,1-2H3. The van der Waals surface area contributed by atoms with E-state index in [9.17, 15) is 22.4 Å². The Hall–Kier alpha value is -2.82. The summed E-state index contributed by atoms with van der Waals surface area (Å²) in [5.74, 6) is -1.34. The molecule has 0 saturated carbocycles. The fraction of sp³-hybridized carbons (Fsp3) is 0.417. The van der Waals surface area contributed by atoms with Crippen LogP contribution in [0.1, 0.15) is 29.8 Å². The van der Waals surface area contributed by atoms with Gasteiger partial charge in [0.15, 0.2) is 6.61 Å². The van der Waals surface area contributed by atoms with Gasteiger partial charge in [-0.1, -0.05) is 38.1 Å². The quantitative estimate of drug-likeness (QED) is 0.501. The Labute approximate surface area is 200 Å². The highest BCUT2D eigenvalue weighted by Crippen LogP contribution is 2.18. The summed E-state index contributed by atoms with van der Waals surface area (Å²) in [6.07, 6.45) is 0. The molecule has 1 saturated heterocycles. The van der Waals surface area contributed by atoms with Crippen LogP contribution in [0.3, 0.4) is 0 Å². The first kappa shape index (κ1) is 25.8. The van der Waals surface area contributed by atoms with Crippen LogP contribution in [0, 0.1) is 5.82 Å². The van der Waals surface area contributed by atoms with E-state index in [1.165, 1.54) is 34.6 Å². The third kappa shape index (κ3) is 6.19. The van der Waals surface area contributed by atoms with Crippen LogP contribution in [0.5, 0.6) is 0 Å². The van der Waals surface area contributed by atoms with Gasteiger partial charge in [0, 0.05) is 51.4 Å². The molecule has 10 heteroatoms. The summed E-state index contributed by atoms with van der Waals surface area (Å²) in [6, 6.07) is 12.2. The predicted octanol–water partition coefficient (Wildman–Crippen LogP) is 2.36. The van der Waals surface area contributed by atoms with Crippen molar-refractivity contribution < 1.29 is 27.1 Å². The van der Waals surface area contributed by atoms with Gasteiger partial charge in [0.05, 0.1) is 10.5 Å². The minimum absolute atomic E-state index is 0.00273. The smallest absolute Gasteiger partial charge is 0.338 e. The number of hydrogen-bond donors (Lipinski definition) is 0. The minimum atomic E-state index is -3.71. The van der Waals surface area contributed by atoms with Gasteiger partial charge in [0.1, 0.15) is 5.82 Å². The Balaban J connectivity index is 1.52. The molecule has 0 aliphatic carbocycles. The van der Waals surface area contributed by atoms with Gasteiger partial charge in [0.2, 0.25) is 10.0 Å². The predicted molar refractivity (Wildman–Crippen MR) is 125 cm³/mol. The van der Waals surface area contributed by atoms with E-state index in [1.807, 2.05) is 0 Å². The summed E-state index contributed by atoms with van der Waals surface area (Å²) in [5, 5.41) is 0. The summed E-state index contributed by atoms with van der Waals surface area (Å²) < 4.78 is 45.7. The van der Waals surface area contributed by atoms with Crippen molar-refractivity contribution in [2.75, 3.05) is 45.9 Å². The third-order valence-corrected chi connectivity index (χ3v) is 7.86. The van der Waals surface area contributed by atoms with Crippen molar-refractivity contribution in [3.8, 4) is 0 Å². The van der Waals surface area contributed by atoms with Crippen molar-refractivity contribution in [1.82, 2.24) is 14.1 Å². The Morgan fingerprint density at radius 3 is 2.32 bits per heavy atom. The molecule has 1 amide bonds. The second-order valence-corrected chi connectivity index (χ2v) is 9.88. The topological polar surface area (TPSA) is 87.2 Å². The molecule has 3 rings (SSSR count). The number of sulfonamides is 1. The lowest BCUT2D eigenvalue weighted by Crippen LogP contribution is -2.49. The van der Waals surface area contributed by atoms with E-state index >= 15 is 0 Å². The molecule has 1 aliphatic rings. The fourth-order valence-electron chi connectivity index (χ4n) is 3.82. The summed E-state index contributed by atoms with van der Waals surface area (Å²) in [4.78, 5) is 28.6. The van der Waals surface area contributed by atoms with Crippen LogP contribution in [-0.4, -0.2) is 80.3 Å². The minimum Gasteiger partial charge on any atom is -0.452 e. The maximum absolute atomic E-state index is 13.9. The second-order valence-electron chi connectivity index (χ2n) is 7.94. The maximum Gasteiger partial charge on any atom is 0.338 e. The molecule has 34 heavy (non-hydrogen) atoms. The van der Waals surface area contributed by atoms with Crippen molar-refractivity contribution in [3.63, 3.8) is 0 Å². The lowest BCUT2D eigenvalue weighted by molar-refractivity contribution is -0.136. The number of amides is 1. The molecule has 0 unspecified atom stereocenters. The van der Waals surface area contributed by atoms with Crippen LogP contribution in [-0.2, 0) is 26.1 Å². The van der Waals surface area contributed by atoms with Crippen LogP contribution in [0.15, 0.2) is 53.4 Å². The van der Waals surface area contributed by atoms with Crippen molar-refractivity contribution in [2.45, 2.75) is 25.3 Å². The van der Waals surface area contributed by atoms with E-state index in [-0.39, 0.29) is 22.2 Å². The van der Waals surface area contributed by atoms with E-state index in [0.29, 0.717) is 51.4 Å². The molecule has 0 radical (unpaired) electrons. The van der Waals surface area contributed by atoms with E-state index in [4.69, 9.17) is 4.74 Å². The molecule has 0 spiro atoms. The Bertz CT molecular complexity index is 1110. The number of nitrogens with zero attached hydrogens (tertiary/aromatic N) is 3. The molecular weight excluding hydrogens is 461 g/mol. The largest absolute Gasteiger partial charge is 0.452 e. The van der Waals surface area contributed by atoms with E-state index in [0.717, 1.165) is 0 Å². The highest BCUT2D eigenvalue weighted by Gasteiger charge is 2.25. The number of hydrogen-bond acceptors (Lipinski definition) is 6. The second kappa shape index (κ2) is 11.5. The maximum atomic E-state index is 13.9. The lowest BCUT2D eigenvalue weighted by atomic mass is 10.2. The zero-order valence-corrected chi connectivity index (χ0v) is 20.3. The molecule has 0 N–H and O–H groups in total. The summed E-state index contributed by atoms with van der Waals surface area (Å²) >= 11 is 0. The normalized spacial score (nSPS) is 14.9. The van der Waals surface area contributed by atoms with Crippen LogP contribution >= 0.6 is 0 Å². The monoisotopic (exact) mass is 491 g/mol. The van der Waals surface area contributed by atoms with Crippen LogP contribution in [0.25, 0.3) is 0 Å². The van der Waals surface area contributed by atoms with Gasteiger partial charge < -0.3 is 9.64 Å². The zero-order chi connectivity index (χ0) is 24.7. The number of carbonyl (C=O) groups excluding carboxylic acids is 2. The number of piperazine rings is 1. The Kier molecular flexibility index (Phi) is 8.76. The van der Waals surface area contributed by atoms with Gasteiger partial charge in [0.25, 0.3) is 5.91 Å². The Morgan fingerprint density at radius 1 is 1.00 bits per heavy atom. The SMILES string of the molecule is CCN(CC)S(=O)(=O)c1cccc(C(=O)OCC(=O)N2CCN(Cc3ccccc3F)CC2)c1. The van der Waals surface area contributed by atoms with Crippen LogP contribution in [0.2, 0.25) is 0 Å². The lowest BCUT2D eigenvalue weighted by Gasteiger charge is -2.34. The molecule has 1 aliphatic heterocycles. The number of ether oxygens (including phenoxy) is 1. The molecule has 0 bridgehead atoms. The molecule has 2 aromatic rings. The highest BCUT2D eigenvalue weighted by atomic mass is 32.2. The highest BCUT2D eigenvalue weighted by molar-refractivity contribution is 7.89. The van der Waals surface area contributed by atoms with Crippen molar-refractivity contribution in [3.05, 3.63) is 65.5 Å². The number of rotatable bonds is 9. The zero-order valence-electron chi connectivity index (χ0n) is 19.4. The van der Waals surface area contributed by atoms with Crippen molar-refractivity contribution in [1.29, 1.82) is 0 Å². The summed E-state index contributed by atoms with van der Waals surface area (Å²) in [5.41, 5.74) is 0.678. The molecule has 1 heterocycles. The molecule has 1 fully saturated rings. The number of carbonyl (C=O) groups is 2. The van der Waals surface area contributed by atoms with E-state index in [1.54, 1.807) is 36.9 Å². The van der Waals surface area contributed by atoms with Crippen LogP contribution in [0.4, 0.5) is 4.39 Å². The van der Waals surface area contributed by atoms with Crippen molar-refractivity contribution >= 4 is 21.9 Å². The first-order valence-corrected chi connectivity index (χ1v) is 12.7. The van der Waals surface area contributed by atoms with E-state index < -0.39 is 22.6 Å². The number of benzene rings is 2. The molecule has 2 aromatic carbocycles. The number of halogens is 1. The summed E-state index contributed by atoms with van der Waals surface area (Å²) in [7, 11) is -3.71. The summed E-state index contributed by atoms with van der Waals surface area (Å²) in [6.45, 7) is 6.21. The average molecular weight is 492 g/mol. The van der Waals surface area contributed by atoms with Crippen molar-refractivity contribution in [2.24, 2.45) is 0 Å². The Morgan fingerprint density at radius 2 is 1.68 bits per heavy atom. The van der Waals surface area contributed by atoms with Gasteiger partial charge in [-0.05, 0) is 24.3 Å². The molecule has 0 atom stereocenters.